The fourth-order valence-corrected chi connectivity index (χ4v) is 4.37. The van der Waals surface area contributed by atoms with Gasteiger partial charge in [-0.25, -0.2) is 4.68 Å². The van der Waals surface area contributed by atoms with E-state index in [0.29, 0.717) is 29.6 Å². The lowest BCUT2D eigenvalue weighted by molar-refractivity contribution is -0.136. The third kappa shape index (κ3) is 6.42. The minimum atomic E-state index is -0.315. The van der Waals surface area contributed by atoms with Crippen LogP contribution in [-0.4, -0.2) is 46.2 Å². The van der Waals surface area contributed by atoms with Crippen molar-refractivity contribution in [2.75, 3.05) is 25.0 Å². The highest BCUT2D eigenvalue weighted by atomic mass is 35.5. The van der Waals surface area contributed by atoms with Crippen molar-refractivity contribution in [2.24, 2.45) is 0 Å². The maximum absolute atomic E-state index is 13.4. The highest BCUT2D eigenvalue weighted by molar-refractivity contribution is 6.30. The van der Waals surface area contributed by atoms with Crippen molar-refractivity contribution in [1.82, 2.24) is 14.7 Å². The zero-order valence-corrected chi connectivity index (χ0v) is 22.5. The van der Waals surface area contributed by atoms with E-state index in [9.17, 15) is 9.59 Å². The van der Waals surface area contributed by atoms with Gasteiger partial charge in [0.15, 0.2) is 6.61 Å². The summed E-state index contributed by atoms with van der Waals surface area (Å²) >= 11 is 5.92. The van der Waals surface area contributed by atoms with Gasteiger partial charge in [0.25, 0.3) is 5.91 Å². The van der Waals surface area contributed by atoms with Crippen molar-refractivity contribution in [2.45, 2.75) is 27.2 Å². The molecule has 4 aromatic rings. The van der Waals surface area contributed by atoms with Gasteiger partial charge in [-0.05, 0) is 61.7 Å². The van der Waals surface area contributed by atoms with E-state index in [4.69, 9.17) is 21.4 Å². The minimum absolute atomic E-state index is 0.108. The number of rotatable bonds is 10. The number of aryl methyl sites for hydroxylation is 2. The van der Waals surface area contributed by atoms with Crippen LogP contribution in [0.15, 0.2) is 78.9 Å². The topological polar surface area (TPSA) is 76.5 Å². The largest absolute Gasteiger partial charge is 0.484 e. The molecule has 0 spiro atoms. The van der Waals surface area contributed by atoms with Crippen molar-refractivity contribution in [3.63, 3.8) is 0 Å². The zero-order chi connectivity index (χ0) is 27.1. The SMILES string of the molecule is CCCN(CC(=O)Nc1c(-c2ccccc2)c(C)nn1-c1ccccc1C)C(=O)COc1ccc(Cl)cc1. The Morgan fingerprint density at radius 3 is 2.34 bits per heavy atom. The molecule has 1 N–H and O–H groups in total. The molecule has 0 atom stereocenters. The molecule has 0 aliphatic heterocycles. The summed E-state index contributed by atoms with van der Waals surface area (Å²) in [6.07, 6.45) is 0.704. The predicted octanol–water partition coefficient (Wildman–Crippen LogP) is 6.07. The standard InChI is InChI=1S/C30H31ClN4O3/c1-4-18-34(28(37)20-38-25-16-14-24(31)15-17-25)19-27(36)32-30-29(23-11-6-5-7-12-23)22(3)33-35(30)26-13-9-8-10-21(26)2/h5-17H,4,18-20H2,1-3H3,(H,32,36). The second kappa shape index (κ2) is 12.4. The molecule has 8 heteroatoms. The van der Waals surface area contributed by atoms with Gasteiger partial charge in [0, 0.05) is 17.1 Å². The number of aromatic nitrogens is 2. The molecule has 1 heterocycles. The quantitative estimate of drug-likeness (QED) is 0.270. The van der Waals surface area contributed by atoms with E-state index in [1.165, 1.54) is 4.90 Å². The van der Waals surface area contributed by atoms with E-state index in [0.717, 1.165) is 28.1 Å². The summed E-state index contributed by atoms with van der Waals surface area (Å²) in [5.41, 5.74) is 4.45. The Morgan fingerprint density at radius 1 is 0.974 bits per heavy atom. The number of carbonyl (C=O) groups is 2. The average Bonchev–Trinajstić information content (AvgIpc) is 3.23. The second-order valence-electron chi connectivity index (χ2n) is 8.98. The molecule has 2 amide bonds. The second-order valence-corrected chi connectivity index (χ2v) is 9.42. The van der Waals surface area contributed by atoms with Gasteiger partial charge in [-0.2, -0.15) is 5.10 Å². The first-order valence-corrected chi connectivity index (χ1v) is 12.9. The number of hydrogen-bond acceptors (Lipinski definition) is 4. The van der Waals surface area contributed by atoms with E-state index in [1.54, 1.807) is 28.9 Å². The number of anilines is 1. The Balaban J connectivity index is 1.58. The first-order valence-electron chi connectivity index (χ1n) is 12.5. The van der Waals surface area contributed by atoms with E-state index in [-0.39, 0.29) is 25.0 Å². The summed E-state index contributed by atoms with van der Waals surface area (Å²) in [6, 6.07) is 24.5. The van der Waals surface area contributed by atoms with Crippen LogP contribution < -0.4 is 10.1 Å². The molecule has 0 aliphatic carbocycles. The lowest BCUT2D eigenvalue weighted by Crippen LogP contribution is -2.41. The molecule has 0 aliphatic rings. The lowest BCUT2D eigenvalue weighted by atomic mass is 10.1. The summed E-state index contributed by atoms with van der Waals surface area (Å²) in [7, 11) is 0. The van der Waals surface area contributed by atoms with Crippen LogP contribution >= 0.6 is 11.6 Å². The molecular formula is C30H31ClN4O3. The van der Waals surface area contributed by atoms with Gasteiger partial charge in [0.05, 0.1) is 11.4 Å². The predicted molar refractivity (Wildman–Crippen MR) is 151 cm³/mol. The molecular weight excluding hydrogens is 500 g/mol. The summed E-state index contributed by atoms with van der Waals surface area (Å²) in [6.45, 7) is 6.03. The van der Waals surface area contributed by atoms with Crippen LogP contribution in [0.1, 0.15) is 24.6 Å². The van der Waals surface area contributed by atoms with Crippen LogP contribution in [0.4, 0.5) is 5.82 Å². The molecule has 196 valence electrons. The van der Waals surface area contributed by atoms with E-state index in [1.807, 2.05) is 75.4 Å². The first kappa shape index (κ1) is 26.9. The van der Waals surface area contributed by atoms with Gasteiger partial charge in [-0.15, -0.1) is 0 Å². The molecule has 0 radical (unpaired) electrons. The van der Waals surface area contributed by atoms with Gasteiger partial charge < -0.3 is 15.0 Å². The number of para-hydroxylation sites is 1. The average molecular weight is 531 g/mol. The molecule has 7 nitrogen and oxygen atoms in total. The molecule has 1 aromatic heterocycles. The molecule has 3 aromatic carbocycles. The lowest BCUT2D eigenvalue weighted by Gasteiger charge is -2.22. The zero-order valence-electron chi connectivity index (χ0n) is 21.8. The fraction of sp³-hybridized carbons (Fsp3) is 0.233. The minimum Gasteiger partial charge on any atom is -0.484 e. The number of carbonyl (C=O) groups excluding carboxylic acids is 2. The number of amides is 2. The van der Waals surface area contributed by atoms with Gasteiger partial charge in [0.1, 0.15) is 18.1 Å². The van der Waals surface area contributed by atoms with E-state index < -0.39 is 0 Å². The highest BCUT2D eigenvalue weighted by Crippen LogP contribution is 2.34. The monoisotopic (exact) mass is 530 g/mol. The third-order valence-electron chi connectivity index (χ3n) is 6.08. The maximum Gasteiger partial charge on any atom is 0.260 e. The Hall–Kier alpha value is -4.10. The fourth-order valence-electron chi connectivity index (χ4n) is 4.24. The van der Waals surface area contributed by atoms with Gasteiger partial charge >= 0.3 is 0 Å². The smallest absolute Gasteiger partial charge is 0.260 e. The summed E-state index contributed by atoms with van der Waals surface area (Å²) in [5, 5.41) is 8.43. The van der Waals surface area contributed by atoms with Crippen molar-refractivity contribution < 1.29 is 14.3 Å². The molecule has 4 rings (SSSR count). The Bertz CT molecular complexity index is 1400. The van der Waals surface area contributed by atoms with Crippen LogP contribution in [0, 0.1) is 13.8 Å². The third-order valence-corrected chi connectivity index (χ3v) is 6.33. The molecule has 0 saturated carbocycles. The van der Waals surface area contributed by atoms with Crippen LogP contribution in [0.5, 0.6) is 5.75 Å². The van der Waals surface area contributed by atoms with Crippen LogP contribution in [0.2, 0.25) is 5.02 Å². The van der Waals surface area contributed by atoms with Gasteiger partial charge in [-0.3, -0.25) is 9.59 Å². The summed E-state index contributed by atoms with van der Waals surface area (Å²) < 4.78 is 7.39. The highest BCUT2D eigenvalue weighted by Gasteiger charge is 2.23. The normalized spacial score (nSPS) is 10.7. The van der Waals surface area contributed by atoms with Crippen LogP contribution in [0.25, 0.3) is 16.8 Å². The molecule has 0 unspecified atom stereocenters. The van der Waals surface area contributed by atoms with Gasteiger partial charge in [-0.1, -0.05) is 67.1 Å². The van der Waals surface area contributed by atoms with Crippen molar-refractivity contribution in [1.29, 1.82) is 0 Å². The first-order chi connectivity index (χ1) is 18.4. The van der Waals surface area contributed by atoms with Crippen molar-refractivity contribution in [3.05, 3.63) is 95.1 Å². The van der Waals surface area contributed by atoms with Gasteiger partial charge in [0.2, 0.25) is 5.91 Å². The number of ether oxygens (including phenoxy) is 1. The Morgan fingerprint density at radius 2 is 1.66 bits per heavy atom. The Kier molecular flexibility index (Phi) is 8.81. The molecule has 0 fully saturated rings. The Labute approximate surface area is 228 Å². The number of hydrogen-bond donors (Lipinski definition) is 1. The summed E-state index contributed by atoms with van der Waals surface area (Å²) in [5.74, 6) is 0.511. The number of benzene rings is 3. The number of nitrogens with zero attached hydrogens (tertiary/aromatic N) is 3. The number of nitrogens with one attached hydrogen (secondary N) is 1. The van der Waals surface area contributed by atoms with Crippen molar-refractivity contribution >= 4 is 29.2 Å². The summed E-state index contributed by atoms with van der Waals surface area (Å²) in [4.78, 5) is 27.8. The maximum atomic E-state index is 13.4. The molecule has 38 heavy (non-hydrogen) atoms. The van der Waals surface area contributed by atoms with Crippen LogP contribution in [-0.2, 0) is 9.59 Å². The van der Waals surface area contributed by atoms with Crippen LogP contribution in [0.3, 0.4) is 0 Å². The van der Waals surface area contributed by atoms with E-state index in [2.05, 4.69) is 5.32 Å². The van der Waals surface area contributed by atoms with E-state index >= 15 is 0 Å². The molecule has 0 saturated heterocycles. The van der Waals surface area contributed by atoms with Crippen molar-refractivity contribution in [3.8, 4) is 22.6 Å². The molecule has 0 bridgehead atoms. The number of halogens is 1.